The first-order chi connectivity index (χ1) is 18.2. The van der Waals surface area contributed by atoms with Crippen molar-refractivity contribution in [1.82, 2.24) is 25.0 Å². The van der Waals surface area contributed by atoms with Gasteiger partial charge in [0.15, 0.2) is 5.69 Å². The summed E-state index contributed by atoms with van der Waals surface area (Å²) in [5.41, 5.74) is 3.11. The molecule has 1 saturated heterocycles. The van der Waals surface area contributed by atoms with Crippen LogP contribution in [-0.2, 0) is 23.9 Å². The Kier molecular flexibility index (Phi) is 7.23. The van der Waals surface area contributed by atoms with E-state index in [-0.39, 0.29) is 30.3 Å². The summed E-state index contributed by atoms with van der Waals surface area (Å²) in [4.78, 5) is 31.8. The maximum absolute atomic E-state index is 13.1. The number of halogens is 3. The van der Waals surface area contributed by atoms with Crippen molar-refractivity contribution in [3.63, 3.8) is 0 Å². The normalized spacial score (nSPS) is 18.2. The minimum atomic E-state index is -4.54. The summed E-state index contributed by atoms with van der Waals surface area (Å²) >= 11 is 0. The van der Waals surface area contributed by atoms with Crippen LogP contribution in [0.25, 0.3) is 0 Å². The minimum Gasteiger partial charge on any atom is -0.344 e. The molecular weight excluding hydrogens is 495 g/mol. The lowest BCUT2D eigenvalue weighted by molar-refractivity contribution is -0.142. The van der Waals surface area contributed by atoms with Crippen LogP contribution in [0.3, 0.4) is 0 Å². The standard InChI is InChI=1S/C28H30F3N5O2/c1-18-15-25(28(29,30)31)34-36(18)17-26(37)35-13-10-19(11-14-35)21-9-12-32-24(16-21)27(38)33-23-8-4-6-20-5-2-3-7-22(20)23/h2-3,5,7,9,12,15-16,19,23H,4,6,8,10-11,13-14,17H2,1H3,(H,33,38). The summed E-state index contributed by atoms with van der Waals surface area (Å²) in [6.45, 7) is 2.25. The Morgan fingerprint density at radius 3 is 2.58 bits per heavy atom. The molecule has 5 rings (SSSR count). The monoisotopic (exact) mass is 525 g/mol. The first-order valence-electron chi connectivity index (χ1n) is 12.9. The number of fused-ring (bicyclic) bond motifs is 1. The molecule has 1 aromatic carbocycles. The Labute approximate surface area is 219 Å². The summed E-state index contributed by atoms with van der Waals surface area (Å²) in [5, 5.41) is 6.71. The minimum absolute atomic E-state index is 0.0298. The van der Waals surface area contributed by atoms with Crippen molar-refractivity contribution in [2.75, 3.05) is 13.1 Å². The molecule has 3 heterocycles. The maximum Gasteiger partial charge on any atom is 0.435 e. The SMILES string of the molecule is Cc1cc(C(F)(F)F)nn1CC(=O)N1CCC(c2ccnc(C(=O)NC3CCCc4ccccc43)c2)CC1. The van der Waals surface area contributed by atoms with Crippen molar-refractivity contribution in [3.8, 4) is 0 Å². The van der Waals surface area contributed by atoms with Gasteiger partial charge in [-0.3, -0.25) is 19.3 Å². The number of benzene rings is 1. The van der Waals surface area contributed by atoms with Crippen molar-refractivity contribution in [1.29, 1.82) is 0 Å². The van der Waals surface area contributed by atoms with E-state index in [1.807, 2.05) is 24.3 Å². The van der Waals surface area contributed by atoms with Gasteiger partial charge < -0.3 is 10.2 Å². The summed E-state index contributed by atoms with van der Waals surface area (Å²) in [6, 6.07) is 12.9. The lowest BCUT2D eigenvalue weighted by Crippen LogP contribution is -2.40. The van der Waals surface area contributed by atoms with Gasteiger partial charge in [0, 0.05) is 25.0 Å². The van der Waals surface area contributed by atoms with E-state index in [4.69, 9.17) is 0 Å². The topological polar surface area (TPSA) is 80.1 Å². The van der Waals surface area contributed by atoms with Crippen LogP contribution < -0.4 is 5.32 Å². The number of likely N-dealkylation sites (tertiary alicyclic amines) is 1. The fraction of sp³-hybridized carbons (Fsp3) is 0.429. The van der Waals surface area contributed by atoms with Gasteiger partial charge in [-0.2, -0.15) is 18.3 Å². The van der Waals surface area contributed by atoms with Crippen LogP contribution in [0, 0.1) is 6.92 Å². The van der Waals surface area contributed by atoms with Crippen LogP contribution in [0.1, 0.15) is 76.2 Å². The second-order valence-corrected chi connectivity index (χ2v) is 10.1. The number of hydrogen-bond acceptors (Lipinski definition) is 4. The molecule has 38 heavy (non-hydrogen) atoms. The Morgan fingerprint density at radius 2 is 1.84 bits per heavy atom. The van der Waals surface area contributed by atoms with Crippen molar-refractivity contribution < 1.29 is 22.8 Å². The first-order valence-corrected chi connectivity index (χ1v) is 12.9. The third-order valence-corrected chi connectivity index (χ3v) is 7.57. The number of pyridine rings is 1. The van der Waals surface area contributed by atoms with Gasteiger partial charge in [-0.15, -0.1) is 0 Å². The molecule has 1 unspecified atom stereocenters. The molecule has 2 aromatic heterocycles. The number of nitrogens with one attached hydrogen (secondary N) is 1. The number of carbonyl (C=O) groups excluding carboxylic acids is 2. The van der Waals surface area contributed by atoms with E-state index in [1.54, 1.807) is 11.1 Å². The number of nitrogens with zero attached hydrogens (tertiary/aromatic N) is 4. The van der Waals surface area contributed by atoms with Crippen LogP contribution in [0.15, 0.2) is 48.7 Å². The number of piperidine rings is 1. The molecule has 1 aliphatic carbocycles. The smallest absolute Gasteiger partial charge is 0.344 e. The highest BCUT2D eigenvalue weighted by molar-refractivity contribution is 5.92. The van der Waals surface area contributed by atoms with Crippen LogP contribution in [0.5, 0.6) is 0 Å². The molecule has 10 heteroatoms. The Balaban J connectivity index is 1.18. The van der Waals surface area contributed by atoms with E-state index in [9.17, 15) is 22.8 Å². The van der Waals surface area contributed by atoms with Gasteiger partial charge in [0.25, 0.3) is 5.91 Å². The highest BCUT2D eigenvalue weighted by Crippen LogP contribution is 2.31. The van der Waals surface area contributed by atoms with Crippen LogP contribution in [0.2, 0.25) is 0 Å². The molecule has 1 atom stereocenters. The molecule has 200 valence electrons. The van der Waals surface area contributed by atoms with E-state index in [0.29, 0.717) is 37.3 Å². The van der Waals surface area contributed by atoms with Gasteiger partial charge in [0.2, 0.25) is 5.91 Å². The molecule has 3 aromatic rings. The van der Waals surface area contributed by atoms with Gasteiger partial charge in [0.1, 0.15) is 12.2 Å². The number of aryl methyl sites for hydroxylation is 2. The Morgan fingerprint density at radius 1 is 1.08 bits per heavy atom. The number of amides is 2. The third kappa shape index (κ3) is 5.58. The van der Waals surface area contributed by atoms with Crippen molar-refractivity contribution in [3.05, 3.63) is 82.4 Å². The van der Waals surface area contributed by atoms with Crippen molar-refractivity contribution >= 4 is 11.8 Å². The average Bonchev–Trinajstić information content (AvgIpc) is 3.29. The first kappa shape index (κ1) is 25.9. The molecule has 1 N–H and O–H groups in total. The number of aromatic nitrogens is 3. The maximum atomic E-state index is 13.1. The number of alkyl halides is 3. The van der Waals surface area contributed by atoms with Gasteiger partial charge in [-0.05, 0) is 79.8 Å². The van der Waals surface area contributed by atoms with E-state index in [2.05, 4.69) is 27.5 Å². The van der Waals surface area contributed by atoms with Gasteiger partial charge in [-0.1, -0.05) is 24.3 Å². The van der Waals surface area contributed by atoms with Gasteiger partial charge in [-0.25, -0.2) is 0 Å². The highest BCUT2D eigenvalue weighted by Gasteiger charge is 2.35. The number of hydrogen-bond donors (Lipinski definition) is 1. The zero-order valence-corrected chi connectivity index (χ0v) is 21.2. The summed E-state index contributed by atoms with van der Waals surface area (Å²) in [5.74, 6) is -0.299. The summed E-state index contributed by atoms with van der Waals surface area (Å²) in [6.07, 6.45) is 1.43. The second kappa shape index (κ2) is 10.6. The zero-order valence-electron chi connectivity index (χ0n) is 21.2. The van der Waals surface area contributed by atoms with Crippen molar-refractivity contribution in [2.45, 2.75) is 63.7 Å². The molecular formula is C28H30F3N5O2. The fourth-order valence-corrected chi connectivity index (χ4v) is 5.46. The molecule has 0 radical (unpaired) electrons. The quantitative estimate of drug-likeness (QED) is 0.518. The fourth-order valence-electron chi connectivity index (χ4n) is 5.46. The highest BCUT2D eigenvalue weighted by atomic mass is 19.4. The van der Waals surface area contributed by atoms with E-state index >= 15 is 0 Å². The predicted octanol–water partition coefficient (Wildman–Crippen LogP) is 4.82. The largest absolute Gasteiger partial charge is 0.435 e. The molecule has 1 aliphatic heterocycles. The van der Waals surface area contributed by atoms with Crippen LogP contribution >= 0.6 is 0 Å². The van der Waals surface area contributed by atoms with Gasteiger partial charge >= 0.3 is 6.18 Å². The summed E-state index contributed by atoms with van der Waals surface area (Å²) < 4.78 is 39.9. The number of carbonyl (C=O) groups is 2. The average molecular weight is 526 g/mol. The molecule has 0 saturated carbocycles. The molecule has 2 aliphatic rings. The van der Waals surface area contributed by atoms with E-state index in [0.717, 1.165) is 35.6 Å². The molecule has 1 fully saturated rings. The Hall–Kier alpha value is -3.69. The van der Waals surface area contributed by atoms with Crippen LogP contribution in [-0.4, -0.2) is 44.6 Å². The lowest BCUT2D eigenvalue weighted by atomic mass is 9.87. The molecule has 0 bridgehead atoms. The van der Waals surface area contributed by atoms with E-state index < -0.39 is 11.9 Å². The zero-order chi connectivity index (χ0) is 26.9. The van der Waals surface area contributed by atoms with Crippen molar-refractivity contribution in [2.24, 2.45) is 0 Å². The molecule has 0 spiro atoms. The number of rotatable bonds is 5. The second-order valence-electron chi connectivity index (χ2n) is 10.1. The van der Waals surface area contributed by atoms with Crippen LogP contribution in [0.4, 0.5) is 13.2 Å². The van der Waals surface area contributed by atoms with E-state index in [1.165, 1.54) is 18.1 Å². The predicted molar refractivity (Wildman–Crippen MR) is 134 cm³/mol. The van der Waals surface area contributed by atoms with Gasteiger partial charge in [0.05, 0.1) is 6.04 Å². The lowest BCUT2D eigenvalue weighted by Gasteiger charge is -2.32. The molecule has 7 nitrogen and oxygen atoms in total. The summed E-state index contributed by atoms with van der Waals surface area (Å²) in [7, 11) is 0. The molecule has 2 amide bonds. The third-order valence-electron chi connectivity index (χ3n) is 7.57. The Bertz CT molecular complexity index is 1330.